The lowest BCUT2D eigenvalue weighted by Crippen LogP contribution is -2.36. The van der Waals surface area contributed by atoms with Crippen molar-refractivity contribution in [3.63, 3.8) is 0 Å². The normalized spacial score (nSPS) is 15.3. The van der Waals surface area contributed by atoms with Gasteiger partial charge in [-0.3, -0.25) is 9.59 Å². The van der Waals surface area contributed by atoms with Crippen molar-refractivity contribution < 1.29 is 27.8 Å². The highest BCUT2D eigenvalue weighted by molar-refractivity contribution is 6.16. The summed E-state index contributed by atoms with van der Waals surface area (Å²) in [7, 11) is 0. The average molecular weight is 587 g/mol. The first-order valence-corrected chi connectivity index (χ1v) is 13.8. The Morgan fingerprint density at radius 1 is 0.860 bits per heavy atom. The number of carbonyl (C=O) groups excluding carboxylic acids is 2. The van der Waals surface area contributed by atoms with Gasteiger partial charge in [0.2, 0.25) is 23.6 Å². The highest BCUT2D eigenvalue weighted by Crippen LogP contribution is 2.47. The summed E-state index contributed by atoms with van der Waals surface area (Å²) in [4.78, 5) is 36.5. The quantitative estimate of drug-likeness (QED) is 0.221. The van der Waals surface area contributed by atoms with Crippen molar-refractivity contribution in [1.82, 2.24) is 9.97 Å². The molecule has 0 atom stereocenters. The Balaban J connectivity index is 1.08. The van der Waals surface area contributed by atoms with Crippen molar-refractivity contribution in [3.8, 4) is 11.6 Å². The van der Waals surface area contributed by atoms with Gasteiger partial charge in [0.05, 0.1) is 13.2 Å². The van der Waals surface area contributed by atoms with Crippen molar-refractivity contribution in [1.29, 1.82) is 0 Å². The molecule has 6 rings (SSSR count). The monoisotopic (exact) mass is 586 g/mol. The molecule has 2 heterocycles. The first-order chi connectivity index (χ1) is 20.9. The molecule has 12 heteroatoms. The van der Waals surface area contributed by atoms with Crippen molar-refractivity contribution in [2.75, 3.05) is 47.2 Å². The number of hydrogen-bond acceptors (Lipinski definition) is 8. The van der Waals surface area contributed by atoms with Gasteiger partial charge in [-0.05, 0) is 67.4 Å². The number of amides is 2. The van der Waals surface area contributed by atoms with Gasteiger partial charge < -0.3 is 30.3 Å². The zero-order valence-electron chi connectivity index (χ0n) is 23.0. The summed E-state index contributed by atoms with van der Waals surface area (Å²) < 4.78 is 39.2. The fourth-order valence-electron chi connectivity index (χ4n) is 4.68. The van der Waals surface area contributed by atoms with Gasteiger partial charge in [-0.15, -0.1) is 0 Å². The van der Waals surface area contributed by atoms with E-state index in [0.717, 1.165) is 30.5 Å². The highest BCUT2D eigenvalue weighted by Gasteiger charge is 2.56. The highest BCUT2D eigenvalue weighted by atomic mass is 19.1. The molecular weight excluding hydrogens is 558 g/mol. The van der Waals surface area contributed by atoms with Crippen LogP contribution in [0.15, 0.2) is 79.0 Å². The summed E-state index contributed by atoms with van der Waals surface area (Å²) in [5.74, 6) is -1.94. The maximum absolute atomic E-state index is 15.0. The molecule has 0 radical (unpaired) electrons. The lowest BCUT2D eigenvalue weighted by molar-refractivity contribution is -0.131. The van der Waals surface area contributed by atoms with Gasteiger partial charge in [0.25, 0.3) is 0 Å². The van der Waals surface area contributed by atoms with Crippen LogP contribution in [0.4, 0.5) is 37.5 Å². The Labute approximate surface area is 246 Å². The first-order valence-electron chi connectivity index (χ1n) is 13.8. The molecule has 1 saturated carbocycles. The van der Waals surface area contributed by atoms with Crippen LogP contribution in [0.5, 0.6) is 11.6 Å². The smallest absolute Gasteiger partial charge is 0.240 e. The molecule has 10 nitrogen and oxygen atoms in total. The van der Waals surface area contributed by atoms with Crippen LogP contribution in [0, 0.1) is 17.0 Å². The van der Waals surface area contributed by atoms with Crippen LogP contribution < -0.4 is 25.6 Å². The van der Waals surface area contributed by atoms with Crippen molar-refractivity contribution in [3.05, 3.63) is 90.6 Å². The Hall–Kier alpha value is -5.10. The van der Waals surface area contributed by atoms with Crippen LogP contribution in [0.2, 0.25) is 0 Å². The van der Waals surface area contributed by atoms with E-state index in [-0.39, 0.29) is 23.3 Å². The van der Waals surface area contributed by atoms with Gasteiger partial charge in [0.15, 0.2) is 11.6 Å². The van der Waals surface area contributed by atoms with Crippen molar-refractivity contribution >= 4 is 40.5 Å². The molecular formula is C31H28F2N6O4. The SMILES string of the molecule is O=C(Nc1ccc(F)cc1)C1(C(=O)Nc2ccc(Oc3ccnc(Nc4cccc(N5CCOCC5)c4)n3)c(F)c2)CC1. The predicted octanol–water partition coefficient (Wildman–Crippen LogP) is 5.48. The number of anilines is 5. The summed E-state index contributed by atoms with van der Waals surface area (Å²) in [6, 6.07) is 18.6. The number of halogens is 2. The summed E-state index contributed by atoms with van der Waals surface area (Å²) in [5.41, 5.74) is 1.11. The molecule has 2 aliphatic rings. The van der Waals surface area contributed by atoms with E-state index in [1.807, 2.05) is 24.3 Å². The molecule has 220 valence electrons. The van der Waals surface area contributed by atoms with Gasteiger partial charge in [-0.25, -0.2) is 13.8 Å². The molecule has 2 fully saturated rings. The van der Waals surface area contributed by atoms with E-state index in [2.05, 4.69) is 30.8 Å². The van der Waals surface area contributed by atoms with Crippen molar-refractivity contribution in [2.24, 2.45) is 5.41 Å². The van der Waals surface area contributed by atoms with Gasteiger partial charge in [0.1, 0.15) is 11.2 Å². The predicted molar refractivity (Wildman–Crippen MR) is 157 cm³/mol. The average Bonchev–Trinajstić information content (AvgIpc) is 3.83. The van der Waals surface area contributed by atoms with E-state index in [4.69, 9.17) is 9.47 Å². The number of morpholine rings is 1. The van der Waals surface area contributed by atoms with Crippen LogP contribution in [-0.4, -0.2) is 48.1 Å². The standard InChI is InChI=1S/C31H28F2N6O4/c32-20-4-6-21(7-5-20)35-28(40)31(11-12-31)29(41)36-23-8-9-26(25(33)19-23)43-27-10-13-34-30(38-27)37-22-2-1-3-24(18-22)39-14-16-42-17-15-39/h1-10,13,18-19H,11-12,14-17H2,(H,35,40)(H,36,41)(H,34,37,38). The molecule has 4 aromatic rings. The molecule has 0 spiro atoms. The lowest BCUT2D eigenvalue weighted by Gasteiger charge is -2.29. The molecule has 0 unspecified atom stereocenters. The molecule has 1 aliphatic carbocycles. The number of carbonyl (C=O) groups is 2. The molecule has 1 saturated heterocycles. The number of nitrogens with zero attached hydrogens (tertiary/aromatic N) is 3. The number of nitrogens with one attached hydrogen (secondary N) is 3. The Morgan fingerprint density at radius 3 is 2.30 bits per heavy atom. The second kappa shape index (κ2) is 12.0. The van der Waals surface area contributed by atoms with Crippen LogP contribution in [0.25, 0.3) is 0 Å². The summed E-state index contributed by atoms with van der Waals surface area (Å²) >= 11 is 0. The number of hydrogen-bond donors (Lipinski definition) is 3. The van der Waals surface area contributed by atoms with Gasteiger partial charge in [-0.2, -0.15) is 4.98 Å². The number of benzene rings is 3. The van der Waals surface area contributed by atoms with E-state index in [1.54, 1.807) is 0 Å². The topological polar surface area (TPSA) is 118 Å². The second-order valence-electron chi connectivity index (χ2n) is 10.2. The summed E-state index contributed by atoms with van der Waals surface area (Å²) in [6.07, 6.45) is 2.18. The van der Waals surface area contributed by atoms with Crippen LogP contribution in [0.1, 0.15) is 12.8 Å². The Kier molecular flexibility index (Phi) is 7.84. The molecule has 3 aromatic carbocycles. The fourth-order valence-corrected chi connectivity index (χ4v) is 4.68. The Bertz CT molecular complexity index is 1640. The number of ether oxygens (including phenoxy) is 2. The minimum Gasteiger partial charge on any atom is -0.436 e. The van der Waals surface area contributed by atoms with Gasteiger partial charge in [-0.1, -0.05) is 6.07 Å². The van der Waals surface area contributed by atoms with Gasteiger partial charge >= 0.3 is 0 Å². The number of rotatable bonds is 9. The van der Waals surface area contributed by atoms with Crippen LogP contribution >= 0.6 is 0 Å². The molecule has 2 amide bonds. The summed E-state index contributed by atoms with van der Waals surface area (Å²) in [6.45, 7) is 2.98. The minimum atomic E-state index is -1.27. The zero-order chi connectivity index (χ0) is 29.8. The zero-order valence-corrected chi connectivity index (χ0v) is 23.0. The van der Waals surface area contributed by atoms with E-state index in [1.165, 1.54) is 48.7 Å². The molecule has 1 aromatic heterocycles. The fraction of sp³-hybridized carbons (Fsp3) is 0.226. The third-order valence-corrected chi connectivity index (χ3v) is 7.23. The summed E-state index contributed by atoms with van der Waals surface area (Å²) in [5, 5.41) is 8.41. The third kappa shape index (κ3) is 6.54. The van der Waals surface area contributed by atoms with Gasteiger partial charge in [0, 0.05) is 54.2 Å². The molecule has 1 aliphatic heterocycles. The molecule has 43 heavy (non-hydrogen) atoms. The van der Waals surface area contributed by atoms with Crippen molar-refractivity contribution in [2.45, 2.75) is 12.8 Å². The minimum absolute atomic E-state index is 0.104. The maximum Gasteiger partial charge on any atom is 0.240 e. The van der Waals surface area contributed by atoms with E-state index >= 15 is 0 Å². The van der Waals surface area contributed by atoms with E-state index in [9.17, 15) is 18.4 Å². The largest absolute Gasteiger partial charge is 0.436 e. The third-order valence-electron chi connectivity index (χ3n) is 7.23. The molecule has 3 N–H and O–H groups in total. The first kappa shape index (κ1) is 28.0. The van der Waals surface area contributed by atoms with E-state index < -0.39 is 28.9 Å². The second-order valence-corrected chi connectivity index (χ2v) is 10.2. The number of aromatic nitrogens is 2. The Morgan fingerprint density at radius 2 is 1.58 bits per heavy atom. The van der Waals surface area contributed by atoms with E-state index in [0.29, 0.717) is 31.7 Å². The lowest BCUT2D eigenvalue weighted by atomic mass is 10.0. The van der Waals surface area contributed by atoms with Crippen LogP contribution in [0.3, 0.4) is 0 Å². The maximum atomic E-state index is 15.0. The van der Waals surface area contributed by atoms with Crippen LogP contribution in [-0.2, 0) is 14.3 Å². The molecule has 0 bridgehead atoms.